The molecule has 0 aromatic heterocycles. The fourth-order valence-electron chi connectivity index (χ4n) is 3.19. The Kier molecular flexibility index (Phi) is 7.08. The molecule has 0 spiro atoms. The number of carbonyl (C=O) groups is 1. The average molecular weight is 392 g/mol. The SMILES string of the molecule is CC(Cc1ccc(C[SH](=O)=O)c(C(F)(F)F)c1)C(=O)OC1CCCCC1. The first-order chi connectivity index (χ1) is 12.2. The summed E-state index contributed by atoms with van der Waals surface area (Å²) in [6.07, 6.45) is 0.194. The van der Waals surface area contributed by atoms with Crippen molar-refractivity contribution in [3.05, 3.63) is 34.9 Å². The van der Waals surface area contributed by atoms with Crippen molar-refractivity contribution in [2.24, 2.45) is 5.92 Å². The number of thiol groups is 1. The maximum absolute atomic E-state index is 13.2. The van der Waals surface area contributed by atoms with Crippen molar-refractivity contribution in [1.29, 1.82) is 0 Å². The molecule has 1 aromatic carbocycles. The zero-order valence-electron chi connectivity index (χ0n) is 14.6. The number of esters is 1. The summed E-state index contributed by atoms with van der Waals surface area (Å²) in [5.41, 5.74) is -0.924. The summed E-state index contributed by atoms with van der Waals surface area (Å²) in [6, 6.07) is 3.54. The van der Waals surface area contributed by atoms with Crippen LogP contribution in [0.1, 0.15) is 55.7 Å². The number of hydrogen-bond acceptors (Lipinski definition) is 4. The van der Waals surface area contributed by atoms with E-state index in [4.69, 9.17) is 4.74 Å². The van der Waals surface area contributed by atoms with Crippen LogP contribution in [0.25, 0.3) is 0 Å². The lowest BCUT2D eigenvalue weighted by Crippen LogP contribution is -2.25. The van der Waals surface area contributed by atoms with E-state index in [9.17, 15) is 26.4 Å². The van der Waals surface area contributed by atoms with Gasteiger partial charge in [0.05, 0.1) is 17.2 Å². The van der Waals surface area contributed by atoms with Crippen LogP contribution in [0.2, 0.25) is 0 Å². The zero-order chi connectivity index (χ0) is 19.3. The fourth-order valence-corrected chi connectivity index (χ4v) is 3.75. The van der Waals surface area contributed by atoms with Gasteiger partial charge in [-0.1, -0.05) is 25.5 Å². The minimum atomic E-state index is -4.65. The summed E-state index contributed by atoms with van der Waals surface area (Å²) in [7, 11) is -2.96. The van der Waals surface area contributed by atoms with Crippen LogP contribution in [0.15, 0.2) is 18.2 Å². The first-order valence-corrected chi connectivity index (χ1v) is 10.0. The predicted octanol–water partition coefficient (Wildman–Crippen LogP) is 3.87. The van der Waals surface area contributed by atoms with Crippen LogP contribution in [0.4, 0.5) is 13.2 Å². The molecule has 0 heterocycles. The van der Waals surface area contributed by atoms with Crippen molar-refractivity contribution in [2.75, 3.05) is 0 Å². The van der Waals surface area contributed by atoms with E-state index in [-0.39, 0.29) is 18.1 Å². The van der Waals surface area contributed by atoms with Gasteiger partial charge < -0.3 is 4.74 Å². The van der Waals surface area contributed by atoms with Crippen LogP contribution < -0.4 is 0 Å². The van der Waals surface area contributed by atoms with E-state index in [0.717, 1.165) is 38.2 Å². The number of benzene rings is 1. The number of hydrogen-bond donors (Lipinski definition) is 1. The molecule has 1 atom stereocenters. The Morgan fingerprint density at radius 3 is 2.46 bits per heavy atom. The highest BCUT2D eigenvalue weighted by molar-refractivity contribution is 7.71. The average Bonchev–Trinajstić information content (AvgIpc) is 2.55. The Morgan fingerprint density at radius 2 is 1.88 bits per heavy atom. The van der Waals surface area contributed by atoms with Gasteiger partial charge in [0.2, 0.25) is 0 Å². The lowest BCUT2D eigenvalue weighted by molar-refractivity contribution is -0.154. The number of rotatable bonds is 6. The lowest BCUT2D eigenvalue weighted by atomic mass is 9.96. The lowest BCUT2D eigenvalue weighted by Gasteiger charge is -2.23. The molecule has 2 rings (SSSR count). The number of carbonyl (C=O) groups excluding carboxylic acids is 1. The highest BCUT2D eigenvalue weighted by atomic mass is 32.2. The van der Waals surface area contributed by atoms with Gasteiger partial charge in [-0.2, -0.15) is 13.2 Å². The zero-order valence-corrected chi connectivity index (χ0v) is 15.4. The Labute approximate surface area is 152 Å². The van der Waals surface area contributed by atoms with Crippen LogP contribution in [0.3, 0.4) is 0 Å². The summed E-state index contributed by atoms with van der Waals surface area (Å²) in [6.45, 7) is 1.63. The van der Waals surface area contributed by atoms with E-state index >= 15 is 0 Å². The van der Waals surface area contributed by atoms with E-state index in [1.807, 2.05) is 0 Å². The van der Waals surface area contributed by atoms with Gasteiger partial charge in [0.25, 0.3) is 0 Å². The number of ether oxygens (including phenoxy) is 1. The molecule has 4 nitrogen and oxygen atoms in total. The highest BCUT2D eigenvalue weighted by Crippen LogP contribution is 2.33. The third-order valence-electron chi connectivity index (χ3n) is 4.56. The van der Waals surface area contributed by atoms with Crippen LogP contribution >= 0.6 is 0 Å². The molecular formula is C18H23F3O4S. The highest BCUT2D eigenvalue weighted by Gasteiger charge is 2.34. The molecule has 26 heavy (non-hydrogen) atoms. The van der Waals surface area contributed by atoms with Gasteiger partial charge in [0, 0.05) is 0 Å². The monoisotopic (exact) mass is 392 g/mol. The standard InChI is InChI=1S/C18H23F3O4S/c1-12(17(22)25-15-5-3-2-4-6-15)9-13-7-8-14(11-26(23)24)16(10-13)18(19,20)21/h7-8,10,12,15,26H,2-6,9,11H2,1H3. The van der Waals surface area contributed by atoms with Gasteiger partial charge in [-0.05, 0) is 49.3 Å². The van der Waals surface area contributed by atoms with Crippen molar-refractivity contribution in [3.8, 4) is 0 Å². The van der Waals surface area contributed by atoms with Gasteiger partial charge in [-0.15, -0.1) is 0 Å². The van der Waals surface area contributed by atoms with Crippen molar-refractivity contribution >= 4 is 16.7 Å². The fraction of sp³-hybridized carbons (Fsp3) is 0.611. The molecule has 146 valence electrons. The Bertz CT molecular complexity index is 699. The summed E-state index contributed by atoms with van der Waals surface area (Å²) < 4.78 is 66.6. The van der Waals surface area contributed by atoms with Crippen LogP contribution in [0, 0.1) is 5.92 Å². The molecule has 1 unspecified atom stereocenters. The predicted molar refractivity (Wildman–Crippen MR) is 91.3 cm³/mol. The van der Waals surface area contributed by atoms with E-state index in [0.29, 0.717) is 5.56 Å². The molecule has 1 aromatic rings. The van der Waals surface area contributed by atoms with Gasteiger partial charge in [-0.25, -0.2) is 8.42 Å². The molecule has 1 aliphatic rings. The molecule has 0 amide bonds. The normalized spacial score (nSPS) is 17.3. The van der Waals surface area contributed by atoms with Crippen LogP contribution in [-0.4, -0.2) is 20.5 Å². The number of halogens is 3. The topological polar surface area (TPSA) is 60.4 Å². The van der Waals surface area contributed by atoms with Gasteiger partial charge in [0.1, 0.15) is 16.8 Å². The molecule has 0 aliphatic heterocycles. The second kappa shape index (κ2) is 8.88. The van der Waals surface area contributed by atoms with E-state index < -0.39 is 40.1 Å². The second-order valence-corrected chi connectivity index (χ2v) is 7.76. The molecule has 1 aliphatic carbocycles. The van der Waals surface area contributed by atoms with Gasteiger partial charge >= 0.3 is 12.1 Å². The minimum absolute atomic E-state index is 0.0971. The Balaban J connectivity index is 2.08. The summed E-state index contributed by atoms with van der Waals surface area (Å²) in [4.78, 5) is 12.2. The quantitative estimate of drug-likeness (QED) is 0.590. The summed E-state index contributed by atoms with van der Waals surface area (Å²) in [5.74, 6) is -1.64. The van der Waals surface area contributed by atoms with Crippen molar-refractivity contribution < 1.29 is 31.1 Å². The first-order valence-electron chi connectivity index (χ1n) is 8.68. The molecular weight excluding hydrogens is 369 g/mol. The van der Waals surface area contributed by atoms with Crippen LogP contribution in [0.5, 0.6) is 0 Å². The second-order valence-electron chi connectivity index (χ2n) is 6.78. The van der Waals surface area contributed by atoms with E-state index in [1.54, 1.807) is 6.92 Å². The molecule has 1 saturated carbocycles. The summed E-state index contributed by atoms with van der Waals surface area (Å²) in [5, 5.41) is 0. The van der Waals surface area contributed by atoms with E-state index in [2.05, 4.69) is 0 Å². The van der Waals surface area contributed by atoms with Crippen molar-refractivity contribution in [3.63, 3.8) is 0 Å². The maximum atomic E-state index is 13.2. The Hall–Kier alpha value is -1.57. The molecule has 0 bridgehead atoms. The molecule has 8 heteroatoms. The largest absolute Gasteiger partial charge is 0.462 e. The molecule has 0 radical (unpaired) electrons. The minimum Gasteiger partial charge on any atom is -0.462 e. The third kappa shape index (κ3) is 6.00. The smallest absolute Gasteiger partial charge is 0.416 e. The maximum Gasteiger partial charge on any atom is 0.416 e. The molecule has 0 N–H and O–H groups in total. The Morgan fingerprint density at radius 1 is 1.23 bits per heavy atom. The molecule has 0 saturated heterocycles. The van der Waals surface area contributed by atoms with E-state index in [1.165, 1.54) is 12.1 Å². The number of alkyl halides is 3. The van der Waals surface area contributed by atoms with Gasteiger partial charge in [0.15, 0.2) is 0 Å². The first kappa shape index (κ1) is 20.7. The third-order valence-corrected chi connectivity index (χ3v) is 5.16. The summed E-state index contributed by atoms with van der Waals surface area (Å²) >= 11 is 0. The van der Waals surface area contributed by atoms with Gasteiger partial charge in [-0.3, -0.25) is 4.79 Å². The van der Waals surface area contributed by atoms with Crippen molar-refractivity contribution in [1.82, 2.24) is 0 Å². The van der Waals surface area contributed by atoms with Crippen molar-refractivity contribution in [2.45, 2.75) is 63.5 Å². The molecule has 1 fully saturated rings. The van der Waals surface area contributed by atoms with Crippen LogP contribution in [-0.2, 0) is 38.6 Å².